The summed E-state index contributed by atoms with van der Waals surface area (Å²) in [5, 5.41) is 11.8. The van der Waals surface area contributed by atoms with Gasteiger partial charge in [-0.3, -0.25) is 10.1 Å². The number of methoxy groups -OCH3 is 1. The molecule has 0 aliphatic carbocycles. The molecular formula is C21H25ClN2O6S. The molecular weight excluding hydrogens is 444 g/mol. The molecule has 0 bridgehead atoms. The Labute approximate surface area is 186 Å². The van der Waals surface area contributed by atoms with E-state index in [-0.39, 0.29) is 17.1 Å². The predicted molar refractivity (Wildman–Crippen MR) is 117 cm³/mol. The Morgan fingerprint density at radius 1 is 1.23 bits per heavy atom. The first-order valence-corrected chi connectivity index (χ1v) is 11.6. The number of nitro benzene ring substituents is 1. The van der Waals surface area contributed by atoms with Crippen LogP contribution in [0.1, 0.15) is 29.5 Å². The van der Waals surface area contributed by atoms with Crippen LogP contribution < -0.4 is 9.46 Å². The molecule has 10 heteroatoms. The summed E-state index contributed by atoms with van der Waals surface area (Å²) in [5.74, 6) is 0.618. The Morgan fingerprint density at radius 3 is 2.52 bits per heavy atom. The lowest BCUT2D eigenvalue weighted by atomic mass is 9.74. The molecule has 0 unspecified atom stereocenters. The molecule has 1 saturated heterocycles. The molecule has 1 fully saturated rings. The number of benzene rings is 2. The number of nitrogens with one attached hydrogen (secondary N) is 1. The number of nitro groups is 1. The number of nitrogens with zero attached hydrogens (tertiary/aromatic N) is 1. The summed E-state index contributed by atoms with van der Waals surface area (Å²) in [6.45, 7) is 4.30. The van der Waals surface area contributed by atoms with Crippen molar-refractivity contribution in [3.8, 4) is 5.75 Å². The van der Waals surface area contributed by atoms with Crippen LogP contribution in [0.5, 0.6) is 5.75 Å². The van der Waals surface area contributed by atoms with Crippen LogP contribution >= 0.6 is 11.6 Å². The van der Waals surface area contributed by atoms with E-state index in [1.165, 1.54) is 6.07 Å². The average molecular weight is 469 g/mol. The van der Waals surface area contributed by atoms with Crippen LogP contribution in [0.25, 0.3) is 0 Å². The van der Waals surface area contributed by atoms with Crippen molar-refractivity contribution in [2.45, 2.75) is 37.0 Å². The Morgan fingerprint density at radius 2 is 1.90 bits per heavy atom. The number of sulfonamides is 1. The summed E-state index contributed by atoms with van der Waals surface area (Å²) in [5.41, 5.74) is 0.957. The maximum Gasteiger partial charge on any atom is 0.271 e. The zero-order chi connectivity index (χ0) is 22.8. The number of rotatable bonds is 7. The van der Waals surface area contributed by atoms with Crippen LogP contribution in [0, 0.1) is 24.0 Å². The number of hydrogen-bond acceptors (Lipinski definition) is 6. The maximum absolute atomic E-state index is 13.2. The summed E-state index contributed by atoms with van der Waals surface area (Å²) in [7, 11) is -2.46. The minimum absolute atomic E-state index is 0.0799. The monoisotopic (exact) mass is 468 g/mol. The molecule has 0 spiro atoms. The topological polar surface area (TPSA) is 108 Å². The Bertz CT molecular complexity index is 1100. The smallest absolute Gasteiger partial charge is 0.271 e. The lowest BCUT2D eigenvalue weighted by molar-refractivity contribution is -0.385. The average Bonchev–Trinajstić information content (AvgIpc) is 2.74. The molecule has 0 aromatic heterocycles. The number of non-ortho nitro benzene ring substituents is 1. The van der Waals surface area contributed by atoms with Gasteiger partial charge in [0.1, 0.15) is 5.75 Å². The summed E-state index contributed by atoms with van der Waals surface area (Å²) >= 11 is 6.24. The van der Waals surface area contributed by atoms with Gasteiger partial charge in [0.15, 0.2) is 0 Å². The molecule has 168 valence electrons. The zero-order valence-corrected chi connectivity index (χ0v) is 19.2. The van der Waals surface area contributed by atoms with Gasteiger partial charge in [0, 0.05) is 47.9 Å². The van der Waals surface area contributed by atoms with Gasteiger partial charge < -0.3 is 9.47 Å². The van der Waals surface area contributed by atoms with Crippen molar-refractivity contribution in [3.05, 3.63) is 62.2 Å². The molecule has 1 aliphatic heterocycles. The van der Waals surface area contributed by atoms with Gasteiger partial charge in [0.25, 0.3) is 5.69 Å². The summed E-state index contributed by atoms with van der Waals surface area (Å²) in [6.07, 6.45) is 1.14. The van der Waals surface area contributed by atoms with Crippen LogP contribution in [-0.2, 0) is 20.2 Å². The zero-order valence-electron chi connectivity index (χ0n) is 17.6. The first kappa shape index (κ1) is 23.5. The molecule has 0 saturated carbocycles. The third-order valence-electron chi connectivity index (χ3n) is 5.89. The first-order chi connectivity index (χ1) is 14.6. The number of hydrogen-bond donors (Lipinski definition) is 1. The summed E-state index contributed by atoms with van der Waals surface area (Å²) in [4.78, 5) is 10.5. The van der Waals surface area contributed by atoms with E-state index in [1.54, 1.807) is 39.2 Å². The second-order valence-electron chi connectivity index (χ2n) is 7.70. The van der Waals surface area contributed by atoms with Gasteiger partial charge >= 0.3 is 0 Å². The van der Waals surface area contributed by atoms with Crippen molar-refractivity contribution in [2.24, 2.45) is 0 Å². The molecule has 31 heavy (non-hydrogen) atoms. The fraction of sp³-hybridized carbons (Fsp3) is 0.429. The van der Waals surface area contributed by atoms with Gasteiger partial charge in [0.2, 0.25) is 10.0 Å². The second-order valence-corrected chi connectivity index (χ2v) is 9.88. The van der Waals surface area contributed by atoms with E-state index in [1.807, 2.05) is 0 Å². The first-order valence-electron chi connectivity index (χ1n) is 9.77. The van der Waals surface area contributed by atoms with Gasteiger partial charge in [-0.25, -0.2) is 13.1 Å². The fourth-order valence-corrected chi connectivity index (χ4v) is 5.54. The van der Waals surface area contributed by atoms with Crippen LogP contribution in [0.3, 0.4) is 0 Å². The highest BCUT2D eigenvalue weighted by Crippen LogP contribution is 2.41. The van der Waals surface area contributed by atoms with Crippen molar-refractivity contribution in [1.82, 2.24) is 4.72 Å². The van der Waals surface area contributed by atoms with E-state index in [0.717, 1.165) is 11.6 Å². The molecule has 1 aliphatic rings. The molecule has 2 aromatic carbocycles. The largest absolute Gasteiger partial charge is 0.496 e. The number of aryl methyl sites for hydroxylation is 1. The van der Waals surface area contributed by atoms with Gasteiger partial charge in [-0.15, -0.1) is 0 Å². The predicted octanol–water partition coefficient (Wildman–Crippen LogP) is 3.90. The molecule has 8 nitrogen and oxygen atoms in total. The second kappa shape index (κ2) is 9.12. The van der Waals surface area contributed by atoms with Crippen molar-refractivity contribution >= 4 is 27.3 Å². The molecule has 1 N–H and O–H groups in total. The maximum atomic E-state index is 13.2. The molecule has 0 atom stereocenters. The van der Waals surface area contributed by atoms with E-state index >= 15 is 0 Å². The minimum atomic E-state index is -4.01. The third-order valence-corrected chi connectivity index (χ3v) is 7.65. The molecule has 0 radical (unpaired) electrons. The van der Waals surface area contributed by atoms with Gasteiger partial charge in [-0.05, 0) is 56.0 Å². The van der Waals surface area contributed by atoms with Crippen LogP contribution in [0.2, 0.25) is 5.02 Å². The summed E-state index contributed by atoms with van der Waals surface area (Å²) < 4.78 is 40.1. The van der Waals surface area contributed by atoms with E-state index < -0.39 is 20.4 Å². The van der Waals surface area contributed by atoms with Crippen LogP contribution in [0.15, 0.2) is 35.2 Å². The van der Waals surface area contributed by atoms with E-state index in [9.17, 15) is 18.5 Å². The van der Waals surface area contributed by atoms with Gasteiger partial charge in [-0.1, -0.05) is 11.6 Å². The lowest BCUT2D eigenvalue weighted by Gasteiger charge is -2.38. The Balaban J connectivity index is 2.00. The van der Waals surface area contributed by atoms with Gasteiger partial charge in [0.05, 0.1) is 16.9 Å². The highest BCUT2D eigenvalue weighted by atomic mass is 35.5. The van der Waals surface area contributed by atoms with Gasteiger partial charge in [-0.2, -0.15) is 0 Å². The molecule has 2 aromatic rings. The third kappa shape index (κ3) is 4.85. The highest BCUT2D eigenvalue weighted by Gasteiger charge is 2.38. The quantitative estimate of drug-likeness (QED) is 0.487. The lowest BCUT2D eigenvalue weighted by Crippen LogP contribution is -2.44. The summed E-state index contributed by atoms with van der Waals surface area (Å²) in [6, 6.07) is 7.74. The standard InChI is InChI=1S/C21H25ClN2O6S/c1-14-10-17(24(25)26)12-20(15(14)2)31(27,28)23-13-21(6-8-30-9-7-21)18-11-16(22)4-5-19(18)29-3/h4-5,10-12,23H,6-9,13H2,1-3H3. The van der Waals surface area contributed by atoms with Crippen molar-refractivity contribution in [2.75, 3.05) is 26.9 Å². The molecule has 0 amide bonds. The molecule has 1 heterocycles. The van der Waals surface area contributed by atoms with Crippen molar-refractivity contribution in [3.63, 3.8) is 0 Å². The normalized spacial score (nSPS) is 16.1. The molecule has 3 rings (SSSR count). The van der Waals surface area contributed by atoms with Crippen LogP contribution in [0.4, 0.5) is 5.69 Å². The fourth-order valence-electron chi connectivity index (χ4n) is 3.90. The van der Waals surface area contributed by atoms with E-state index in [0.29, 0.717) is 48.0 Å². The minimum Gasteiger partial charge on any atom is -0.496 e. The Kier molecular flexibility index (Phi) is 6.90. The Hall–Kier alpha value is -2.20. The SMILES string of the molecule is COc1ccc(Cl)cc1C1(CNS(=O)(=O)c2cc([N+](=O)[O-])cc(C)c2C)CCOCC1. The van der Waals surface area contributed by atoms with E-state index in [4.69, 9.17) is 21.1 Å². The van der Waals surface area contributed by atoms with Crippen LogP contribution in [-0.4, -0.2) is 40.2 Å². The van der Waals surface area contributed by atoms with Crippen molar-refractivity contribution in [1.29, 1.82) is 0 Å². The highest BCUT2D eigenvalue weighted by molar-refractivity contribution is 7.89. The van der Waals surface area contributed by atoms with Crippen molar-refractivity contribution < 1.29 is 22.8 Å². The van der Waals surface area contributed by atoms with E-state index in [2.05, 4.69) is 4.72 Å². The number of halogens is 1. The number of ether oxygens (including phenoxy) is 2.